The monoisotopic (exact) mass is 1670 g/mol. The number of carboxylic acids is 2. The number of ether oxygens (including phenoxy) is 11. The number of hydrogen-bond acceptors (Lipinski definition) is 42. The molecule has 0 saturated carbocycles. The zero-order valence-corrected chi connectivity index (χ0v) is 64.2. The number of aliphatic hydroxyl groups excluding tert-OH is 24. The lowest BCUT2D eigenvalue weighted by molar-refractivity contribution is -0.330. The largest absolute Gasteiger partial charge is 0.506 e. The van der Waals surface area contributed by atoms with Gasteiger partial charge in [0.2, 0.25) is 37.4 Å². The van der Waals surface area contributed by atoms with Crippen LogP contribution >= 0.6 is 23.5 Å². The number of hydrogen-bond donors (Lipinski definition) is 28. The number of thioether (sulfide) groups is 2. The first-order chi connectivity index (χ1) is 52.6. The molecule has 0 spiro atoms. The summed E-state index contributed by atoms with van der Waals surface area (Å²) in [5.74, 6) is -21.3. The van der Waals surface area contributed by atoms with Gasteiger partial charge in [-0.2, -0.15) is 23.5 Å². The third-order valence-corrected chi connectivity index (χ3v) is 20.2. The Morgan fingerprint density at radius 3 is 1.18 bits per heavy atom. The summed E-state index contributed by atoms with van der Waals surface area (Å²) in [6.07, 6.45) is -50.8. The van der Waals surface area contributed by atoms with Crippen molar-refractivity contribution in [2.24, 2.45) is 5.41 Å². The summed E-state index contributed by atoms with van der Waals surface area (Å²) in [4.78, 5) is 50.2. The number of rotatable bonds is 36. The topological polar surface area (TPSA) is 720 Å². The van der Waals surface area contributed by atoms with Crippen LogP contribution < -0.4 is 10.6 Å². The molecular weight excluding hydrogens is 1550 g/mol. The SMILES string of the molecule is CCC(C)(C)N[C@H](CSCC[C@H]1O[C@H](O)/C(O)=C(\O)[C@@H](CCO)O[C@H](O)/C(O)=C(/O)[C@@H](CCO)O[C@H]2OC(CSC[C@@H](NC(=O)CCOCCOCCCC(=O)C(C)(C)CC)C(=O)O)[C@@H](O[C@@H](O)/C(O)=C(\O)[C@@H](CCO)O[C@H]3OC(CO)[C@@H](O[C@@H](O)/C(O)=C(\O)[C@@H](CCO)O[C@H](O)C(O)=C1O)C(O)C3O)C(O)C2O)C(=O)O. The van der Waals surface area contributed by atoms with Gasteiger partial charge < -0.3 is 190 Å². The van der Waals surface area contributed by atoms with Crippen LogP contribution in [-0.2, 0) is 71.3 Å². The highest BCUT2D eigenvalue weighted by atomic mass is 32.2. The average Bonchev–Trinajstić information content (AvgIpc) is 0.789. The summed E-state index contributed by atoms with van der Waals surface area (Å²) in [5, 5.41) is 291. The lowest BCUT2D eigenvalue weighted by Gasteiger charge is -2.44. The van der Waals surface area contributed by atoms with E-state index in [0.717, 1.165) is 11.8 Å². The van der Waals surface area contributed by atoms with E-state index in [4.69, 9.17) is 52.1 Å². The third kappa shape index (κ3) is 30.8. The van der Waals surface area contributed by atoms with Crippen LogP contribution in [0.15, 0.2) is 57.6 Å². The molecule has 5 aliphatic rings. The Kier molecular flexibility index (Phi) is 44.5. The number of fused-ring (bicyclic) bond motifs is 2. The quantitative estimate of drug-likeness (QED) is 0.0282. The number of amides is 1. The molecular formula is C67H114N2O41S2. The number of aliphatic carboxylic acids is 2. The third-order valence-electron chi connectivity index (χ3n) is 18.0. The molecule has 0 aromatic carbocycles. The standard InChI is InChI=1S/C67H114N2O41S2/c1-7-66(3,4)39(75)10-9-21-100-23-24-101-22-15-40(76)68-30(57(91)92)27-112-29-38-56-47(83)54(90)65(108-38)106-34(13-19-72)43(79)49(85)59(95)102-32(11-17-70)41(77)48(84)61(97)104-36(16-25-111-28-31(58(93)94)69-67(5,6)8-2)45(81)50(86)60(96)103-33(12-18-71)42(78)51(87)62(98)109-55-37(26-74)107-64(53(89)46(55)82)105-35(14-20-73)44(80)52(88)63(99)110-56/h30-38,46-47,53-56,59-65,69-74,77-90,95-99H,7-29H2,1-6H3,(H,68,76)(H,91,92)(H,93,94)/b48-41+,49-43-,50-45?,51-42+,52-44+/t30-,31-,32-,33-,34-,35-,36-,37?,38?,46?,47?,53?,54?,55-,56-,59+,60+,61+,62-,63-,64+,65+/m1/s1. The van der Waals surface area contributed by atoms with Crippen molar-refractivity contribution in [3.05, 3.63) is 57.6 Å². The van der Waals surface area contributed by atoms with Crippen molar-refractivity contribution in [2.45, 2.75) is 247 Å². The highest BCUT2D eigenvalue weighted by molar-refractivity contribution is 7.99. The van der Waals surface area contributed by atoms with Crippen molar-refractivity contribution in [1.29, 1.82) is 0 Å². The molecule has 0 aromatic heterocycles. The minimum absolute atomic E-state index is 0.0261. The van der Waals surface area contributed by atoms with Gasteiger partial charge in [-0.3, -0.25) is 19.7 Å². The van der Waals surface area contributed by atoms with Crippen LogP contribution in [0.2, 0.25) is 0 Å². The molecule has 0 aromatic rings. The van der Waals surface area contributed by atoms with Gasteiger partial charge in [0, 0.05) is 99.8 Å². The molecule has 4 bridgehead atoms. The van der Waals surface area contributed by atoms with Crippen molar-refractivity contribution >= 4 is 47.2 Å². The number of carboxylic acid groups (broad SMARTS) is 2. The highest BCUT2D eigenvalue weighted by Crippen LogP contribution is 2.35. The first-order valence-electron chi connectivity index (χ1n) is 35.7. The van der Waals surface area contributed by atoms with Gasteiger partial charge in [-0.15, -0.1) is 0 Å². The smallest absolute Gasteiger partial charge is 0.327 e. The molecule has 112 heavy (non-hydrogen) atoms. The number of Topliss-reactive ketones (excluding diaryl/α,β-unsaturated/α-hetero) is 1. The second kappa shape index (κ2) is 49.5. The zero-order valence-electron chi connectivity index (χ0n) is 62.5. The fourth-order valence-corrected chi connectivity index (χ4v) is 12.7. The molecule has 28 N–H and O–H groups in total. The predicted molar refractivity (Wildman–Crippen MR) is 383 cm³/mol. The van der Waals surface area contributed by atoms with E-state index in [1.165, 1.54) is 0 Å². The van der Waals surface area contributed by atoms with Gasteiger partial charge in [0.25, 0.3) is 0 Å². The maximum atomic E-state index is 13.0. The Hall–Kier alpha value is -5.56. The van der Waals surface area contributed by atoms with Crippen LogP contribution in [0.1, 0.15) is 106 Å². The number of ketones is 1. The van der Waals surface area contributed by atoms with Crippen molar-refractivity contribution in [2.75, 3.05) is 82.5 Å². The maximum absolute atomic E-state index is 13.0. The fourth-order valence-electron chi connectivity index (χ4n) is 10.6. The Bertz CT molecular complexity index is 3030. The first kappa shape index (κ1) is 101. The van der Waals surface area contributed by atoms with Crippen molar-refractivity contribution in [3.8, 4) is 0 Å². The Morgan fingerprint density at radius 2 is 0.795 bits per heavy atom. The van der Waals surface area contributed by atoms with E-state index in [1.807, 2.05) is 20.8 Å². The summed E-state index contributed by atoms with van der Waals surface area (Å²) in [5.41, 5.74) is -1.18. The van der Waals surface area contributed by atoms with Gasteiger partial charge in [0.1, 0.15) is 91.1 Å². The van der Waals surface area contributed by atoms with Gasteiger partial charge >= 0.3 is 11.9 Å². The summed E-state index contributed by atoms with van der Waals surface area (Å²) < 4.78 is 60.4. The summed E-state index contributed by atoms with van der Waals surface area (Å²) >= 11 is 1.48. The van der Waals surface area contributed by atoms with E-state index < -0.39 is 299 Å². The number of aliphatic hydroxyl groups is 24. The molecule has 1 amide bonds. The minimum Gasteiger partial charge on any atom is -0.506 e. The van der Waals surface area contributed by atoms with Crippen LogP contribution in [0.5, 0.6) is 0 Å². The summed E-state index contributed by atoms with van der Waals surface area (Å²) in [7, 11) is 0. The molecule has 5 rings (SSSR count). The molecule has 43 nitrogen and oxygen atoms in total. The molecule has 5 heterocycles. The normalized spacial score (nSPS) is 33.4. The molecule has 45 heteroatoms. The minimum atomic E-state index is -2.92. The Balaban J connectivity index is 2.21. The number of nitrogens with one attached hydrogen (secondary N) is 2. The zero-order chi connectivity index (χ0) is 84.7. The molecule has 0 radical (unpaired) electrons. The van der Waals surface area contributed by atoms with Gasteiger partial charge in [-0.25, -0.2) is 4.79 Å². The predicted octanol–water partition coefficient (Wildman–Crippen LogP) is -2.79. The van der Waals surface area contributed by atoms with Gasteiger partial charge in [-0.05, 0) is 45.3 Å². The molecule has 22 atom stereocenters. The van der Waals surface area contributed by atoms with E-state index in [1.54, 1.807) is 20.8 Å². The van der Waals surface area contributed by atoms with Crippen LogP contribution in [-0.4, -0.2) is 380 Å². The molecule has 6 unspecified atom stereocenters. The Labute approximate surface area is 651 Å². The van der Waals surface area contributed by atoms with E-state index in [2.05, 4.69) is 10.6 Å². The van der Waals surface area contributed by atoms with E-state index in [0.29, 0.717) is 37.4 Å². The van der Waals surface area contributed by atoms with Gasteiger partial charge in [0.15, 0.2) is 70.2 Å². The van der Waals surface area contributed by atoms with Crippen molar-refractivity contribution in [1.82, 2.24) is 10.6 Å². The summed E-state index contributed by atoms with van der Waals surface area (Å²) in [6, 6.07) is -2.93. The molecule has 0 aliphatic carbocycles. The summed E-state index contributed by atoms with van der Waals surface area (Å²) in [6.45, 7) is 5.72. The maximum Gasteiger partial charge on any atom is 0.327 e. The number of carbonyl (C=O) groups is 4. The lowest BCUT2D eigenvalue weighted by Crippen LogP contribution is -2.61. The fraction of sp³-hybridized carbons (Fsp3) is 0.791. The number of carbonyl (C=O) groups excluding carboxylic acids is 2. The van der Waals surface area contributed by atoms with Crippen LogP contribution in [0.25, 0.3) is 0 Å². The molecule has 650 valence electrons. The van der Waals surface area contributed by atoms with E-state index in [9.17, 15) is 152 Å². The lowest BCUT2D eigenvalue weighted by atomic mass is 9.83. The first-order valence-corrected chi connectivity index (χ1v) is 38.0. The average molecular weight is 1670 g/mol. The molecule has 2 saturated heterocycles. The Morgan fingerprint density at radius 1 is 0.429 bits per heavy atom. The van der Waals surface area contributed by atoms with E-state index >= 15 is 0 Å². The van der Waals surface area contributed by atoms with Crippen molar-refractivity contribution in [3.63, 3.8) is 0 Å². The van der Waals surface area contributed by atoms with E-state index in [-0.39, 0.29) is 50.1 Å². The van der Waals surface area contributed by atoms with Crippen LogP contribution in [0.3, 0.4) is 0 Å². The van der Waals surface area contributed by atoms with Gasteiger partial charge in [-0.1, -0.05) is 27.7 Å². The molecule has 2 fully saturated rings. The second-order valence-electron chi connectivity index (χ2n) is 27.1. The highest BCUT2D eigenvalue weighted by Gasteiger charge is 2.51. The van der Waals surface area contributed by atoms with Crippen molar-refractivity contribution < 1.29 is 204 Å². The second-order valence-corrected chi connectivity index (χ2v) is 29.3. The van der Waals surface area contributed by atoms with Gasteiger partial charge in [0.05, 0.1) is 32.5 Å². The van der Waals surface area contributed by atoms with Crippen LogP contribution in [0.4, 0.5) is 0 Å². The molecule has 5 aliphatic heterocycles. The van der Waals surface area contributed by atoms with Crippen LogP contribution in [0, 0.1) is 5.41 Å².